The zero-order valence-electron chi connectivity index (χ0n) is 14.7. The molecule has 0 amide bonds. The maximum Gasteiger partial charge on any atom is 0.157 e. The van der Waals surface area contributed by atoms with Crippen LogP contribution in [0.25, 0.3) is 0 Å². The molecule has 0 aliphatic carbocycles. The molecule has 0 radical (unpaired) electrons. The van der Waals surface area contributed by atoms with E-state index in [-0.39, 0.29) is 12.0 Å². The number of benzene rings is 2. The van der Waals surface area contributed by atoms with E-state index in [0.29, 0.717) is 18.7 Å². The van der Waals surface area contributed by atoms with E-state index in [1.165, 1.54) is 17.2 Å². The van der Waals surface area contributed by atoms with Crippen molar-refractivity contribution < 1.29 is 9.13 Å². The van der Waals surface area contributed by atoms with Crippen LogP contribution in [0.15, 0.2) is 54.7 Å². The van der Waals surface area contributed by atoms with E-state index in [2.05, 4.69) is 46.4 Å². The lowest BCUT2D eigenvalue weighted by molar-refractivity contribution is 0.0252. The fourth-order valence-corrected chi connectivity index (χ4v) is 3.29. The molecule has 0 N–H and O–H groups in total. The standard InChI is InChI=1S/C20H21FN4O/c1-15-5-4-6-16(11-15)12-24-9-10-26-20(24)19-14-25(23-22-19)13-17-7-2-3-8-18(17)21/h2-8,11,14,20H,9-10,12-13H2,1H3/t20-/m1/s1. The molecule has 0 unspecified atom stereocenters. The molecule has 0 saturated carbocycles. The minimum atomic E-state index is -0.234. The van der Waals surface area contributed by atoms with E-state index in [4.69, 9.17) is 4.74 Å². The summed E-state index contributed by atoms with van der Waals surface area (Å²) >= 11 is 0. The van der Waals surface area contributed by atoms with Crippen LogP contribution in [0.3, 0.4) is 0 Å². The largest absolute Gasteiger partial charge is 0.356 e. The Balaban J connectivity index is 1.48. The van der Waals surface area contributed by atoms with Gasteiger partial charge in [-0.25, -0.2) is 9.07 Å². The molecule has 6 heteroatoms. The fourth-order valence-electron chi connectivity index (χ4n) is 3.29. The number of halogens is 1. The summed E-state index contributed by atoms with van der Waals surface area (Å²) in [5.41, 5.74) is 3.84. The van der Waals surface area contributed by atoms with Gasteiger partial charge in [-0.3, -0.25) is 4.90 Å². The Hall–Kier alpha value is -2.57. The SMILES string of the molecule is Cc1cccc(CN2CCO[C@@H]2c2cn(Cc3ccccc3F)nn2)c1. The molecule has 1 aromatic heterocycles. The van der Waals surface area contributed by atoms with Gasteiger partial charge in [-0.15, -0.1) is 5.10 Å². The van der Waals surface area contributed by atoms with Gasteiger partial charge in [0.25, 0.3) is 0 Å². The smallest absolute Gasteiger partial charge is 0.157 e. The van der Waals surface area contributed by atoms with Gasteiger partial charge in [0.2, 0.25) is 0 Å². The van der Waals surface area contributed by atoms with Gasteiger partial charge in [-0.05, 0) is 18.6 Å². The van der Waals surface area contributed by atoms with Crippen molar-refractivity contribution >= 4 is 0 Å². The van der Waals surface area contributed by atoms with Gasteiger partial charge >= 0.3 is 0 Å². The summed E-state index contributed by atoms with van der Waals surface area (Å²) in [5.74, 6) is -0.234. The zero-order valence-corrected chi connectivity index (χ0v) is 14.7. The van der Waals surface area contributed by atoms with Crippen LogP contribution in [-0.2, 0) is 17.8 Å². The highest BCUT2D eigenvalue weighted by atomic mass is 19.1. The molecule has 1 aliphatic rings. The number of rotatable bonds is 5. The molecule has 1 saturated heterocycles. The number of aryl methyl sites for hydroxylation is 1. The van der Waals surface area contributed by atoms with Crippen molar-refractivity contribution in [1.82, 2.24) is 19.9 Å². The molecule has 4 rings (SSSR count). The van der Waals surface area contributed by atoms with Crippen molar-refractivity contribution in [1.29, 1.82) is 0 Å². The van der Waals surface area contributed by atoms with E-state index in [1.807, 2.05) is 12.3 Å². The second-order valence-corrected chi connectivity index (χ2v) is 6.62. The highest BCUT2D eigenvalue weighted by Gasteiger charge is 2.29. The summed E-state index contributed by atoms with van der Waals surface area (Å²) in [7, 11) is 0. The second kappa shape index (κ2) is 7.35. The van der Waals surface area contributed by atoms with E-state index in [0.717, 1.165) is 18.8 Å². The Morgan fingerprint density at radius 3 is 2.88 bits per heavy atom. The number of hydrogen-bond donors (Lipinski definition) is 0. The van der Waals surface area contributed by atoms with E-state index < -0.39 is 0 Å². The van der Waals surface area contributed by atoms with Gasteiger partial charge in [-0.1, -0.05) is 53.2 Å². The molecule has 26 heavy (non-hydrogen) atoms. The van der Waals surface area contributed by atoms with Gasteiger partial charge in [0.15, 0.2) is 6.23 Å². The Labute approximate surface area is 152 Å². The second-order valence-electron chi connectivity index (χ2n) is 6.62. The van der Waals surface area contributed by atoms with E-state index >= 15 is 0 Å². The lowest BCUT2D eigenvalue weighted by Gasteiger charge is -2.21. The highest BCUT2D eigenvalue weighted by molar-refractivity contribution is 5.22. The summed E-state index contributed by atoms with van der Waals surface area (Å²) in [5, 5.41) is 8.40. The summed E-state index contributed by atoms with van der Waals surface area (Å²) in [4.78, 5) is 2.24. The van der Waals surface area contributed by atoms with Crippen LogP contribution in [0.4, 0.5) is 4.39 Å². The van der Waals surface area contributed by atoms with Gasteiger partial charge in [0, 0.05) is 18.7 Å². The molecule has 5 nitrogen and oxygen atoms in total. The molecule has 2 heterocycles. The number of aromatic nitrogens is 3. The first-order valence-corrected chi connectivity index (χ1v) is 8.74. The first kappa shape index (κ1) is 16.9. The van der Waals surface area contributed by atoms with Crippen LogP contribution in [-0.4, -0.2) is 33.0 Å². The van der Waals surface area contributed by atoms with Crippen LogP contribution < -0.4 is 0 Å². The molecule has 134 valence electrons. The van der Waals surface area contributed by atoms with Gasteiger partial charge in [-0.2, -0.15) is 0 Å². The Morgan fingerprint density at radius 2 is 2.04 bits per heavy atom. The summed E-state index contributed by atoms with van der Waals surface area (Å²) < 4.78 is 21.4. The third kappa shape index (κ3) is 3.66. The average Bonchev–Trinajstić information content (AvgIpc) is 3.26. The topological polar surface area (TPSA) is 43.2 Å². The van der Waals surface area contributed by atoms with Crippen LogP contribution in [0.1, 0.15) is 28.6 Å². The normalized spacial score (nSPS) is 17.7. The van der Waals surface area contributed by atoms with Crippen LogP contribution in [0.5, 0.6) is 0 Å². The molecular weight excluding hydrogens is 331 g/mol. The van der Waals surface area contributed by atoms with Crippen molar-refractivity contribution in [2.75, 3.05) is 13.2 Å². The summed E-state index contributed by atoms with van der Waals surface area (Å²) in [6, 6.07) is 15.2. The minimum Gasteiger partial charge on any atom is -0.356 e. The Kier molecular flexibility index (Phi) is 4.77. The third-order valence-corrected chi connectivity index (χ3v) is 4.55. The zero-order chi connectivity index (χ0) is 17.9. The predicted octanol–water partition coefficient (Wildman–Crippen LogP) is 3.30. The van der Waals surface area contributed by atoms with Crippen molar-refractivity contribution in [3.05, 3.63) is 82.9 Å². The van der Waals surface area contributed by atoms with Crippen molar-refractivity contribution in [2.45, 2.75) is 26.2 Å². The van der Waals surface area contributed by atoms with Crippen molar-refractivity contribution in [3.63, 3.8) is 0 Å². The van der Waals surface area contributed by atoms with Gasteiger partial charge in [0.1, 0.15) is 11.5 Å². The quantitative estimate of drug-likeness (QED) is 0.707. The summed E-state index contributed by atoms with van der Waals surface area (Å²) in [6.07, 6.45) is 1.62. The van der Waals surface area contributed by atoms with Crippen LogP contribution >= 0.6 is 0 Å². The Morgan fingerprint density at radius 1 is 1.15 bits per heavy atom. The Bertz CT molecular complexity index is 895. The lowest BCUT2D eigenvalue weighted by Crippen LogP contribution is -2.23. The maximum absolute atomic E-state index is 13.8. The fraction of sp³-hybridized carbons (Fsp3) is 0.300. The van der Waals surface area contributed by atoms with Crippen molar-refractivity contribution in [2.24, 2.45) is 0 Å². The van der Waals surface area contributed by atoms with Crippen LogP contribution in [0, 0.1) is 12.7 Å². The predicted molar refractivity (Wildman–Crippen MR) is 95.8 cm³/mol. The molecule has 1 aliphatic heterocycles. The highest BCUT2D eigenvalue weighted by Crippen LogP contribution is 2.27. The number of ether oxygens (including phenoxy) is 1. The number of nitrogens with zero attached hydrogens (tertiary/aromatic N) is 4. The first-order chi connectivity index (χ1) is 12.7. The van der Waals surface area contributed by atoms with E-state index in [9.17, 15) is 4.39 Å². The molecule has 1 atom stereocenters. The maximum atomic E-state index is 13.8. The molecule has 1 fully saturated rings. The van der Waals surface area contributed by atoms with Crippen molar-refractivity contribution in [3.8, 4) is 0 Å². The molecule has 0 spiro atoms. The monoisotopic (exact) mass is 352 g/mol. The van der Waals surface area contributed by atoms with E-state index in [1.54, 1.807) is 16.8 Å². The van der Waals surface area contributed by atoms with Gasteiger partial charge in [0.05, 0.1) is 19.3 Å². The van der Waals surface area contributed by atoms with Crippen LogP contribution in [0.2, 0.25) is 0 Å². The molecule has 3 aromatic rings. The minimum absolute atomic E-state index is 0.218. The number of hydrogen-bond acceptors (Lipinski definition) is 4. The summed E-state index contributed by atoms with van der Waals surface area (Å²) in [6.45, 7) is 4.75. The first-order valence-electron chi connectivity index (χ1n) is 8.74. The average molecular weight is 352 g/mol. The van der Waals surface area contributed by atoms with Gasteiger partial charge < -0.3 is 4.74 Å². The molecule has 2 aromatic carbocycles. The lowest BCUT2D eigenvalue weighted by atomic mass is 10.1. The molecular formula is C20H21FN4O. The molecule has 0 bridgehead atoms. The third-order valence-electron chi connectivity index (χ3n) is 4.55.